The molecule has 1 heterocycles. The van der Waals surface area contributed by atoms with E-state index in [-0.39, 0.29) is 12.6 Å². The smallest absolute Gasteiger partial charge is 0.435 e. The molecule has 1 amide bonds. The number of nitrogens with one attached hydrogen (secondary N) is 1. The Hall–Kier alpha value is -2.51. The Kier molecular flexibility index (Phi) is 5.20. The summed E-state index contributed by atoms with van der Waals surface area (Å²) < 4.78 is 46.0. The molecule has 8 heteroatoms. The van der Waals surface area contributed by atoms with Gasteiger partial charge in [-0.05, 0) is 31.7 Å². The van der Waals surface area contributed by atoms with Crippen molar-refractivity contribution in [3.05, 3.63) is 47.3 Å². The van der Waals surface area contributed by atoms with E-state index in [1.54, 1.807) is 12.1 Å². The number of nitrogens with zero attached hydrogens (tertiary/aromatic N) is 2. The Morgan fingerprint density at radius 1 is 1.31 bits per heavy atom. The lowest BCUT2D eigenvalue weighted by atomic mass is 10.1. The number of benzene rings is 1. The van der Waals surface area contributed by atoms with E-state index in [0.29, 0.717) is 5.75 Å². The fourth-order valence-corrected chi connectivity index (χ4v) is 3.09. The lowest BCUT2D eigenvalue weighted by molar-refractivity contribution is -0.141. The Bertz CT molecular complexity index is 780. The third-order valence-corrected chi connectivity index (χ3v) is 4.35. The monoisotopic (exact) mass is 367 g/mol. The molecule has 0 bridgehead atoms. The van der Waals surface area contributed by atoms with Gasteiger partial charge >= 0.3 is 6.18 Å². The fourth-order valence-electron chi connectivity index (χ4n) is 3.09. The second kappa shape index (κ2) is 7.39. The molecule has 2 aromatic rings. The minimum atomic E-state index is -4.68. The Labute approximate surface area is 149 Å². The van der Waals surface area contributed by atoms with Gasteiger partial charge in [0.15, 0.2) is 5.69 Å². The van der Waals surface area contributed by atoms with Crippen LogP contribution in [0.1, 0.15) is 47.3 Å². The summed E-state index contributed by atoms with van der Waals surface area (Å²) in [5.74, 6) is -0.164. The van der Waals surface area contributed by atoms with Crippen LogP contribution in [0.4, 0.5) is 13.2 Å². The van der Waals surface area contributed by atoms with Gasteiger partial charge in [-0.15, -0.1) is 0 Å². The first kappa shape index (κ1) is 18.3. The van der Waals surface area contributed by atoms with Crippen LogP contribution in [0.25, 0.3) is 0 Å². The first-order chi connectivity index (χ1) is 12.3. The van der Waals surface area contributed by atoms with Crippen LogP contribution in [0.2, 0.25) is 0 Å². The van der Waals surface area contributed by atoms with E-state index < -0.39 is 23.3 Å². The number of halogens is 3. The van der Waals surface area contributed by atoms with Crippen LogP contribution in [-0.4, -0.2) is 21.8 Å². The molecule has 1 saturated carbocycles. The van der Waals surface area contributed by atoms with Gasteiger partial charge in [-0.3, -0.25) is 9.48 Å². The summed E-state index contributed by atoms with van der Waals surface area (Å²) in [5.41, 5.74) is -0.951. The number of hydrogen-bond donors (Lipinski definition) is 1. The van der Waals surface area contributed by atoms with Crippen LogP contribution in [0, 0.1) is 0 Å². The third kappa shape index (κ3) is 4.17. The molecule has 0 radical (unpaired) electrons. The topological polar surface area (TPSA) is 56.2 Å². The maximum Gasteiger partial charge on any atom is 0.435 e. The molecule has 5 nitrogen and oxygen atoms in total. The van der Waals surface area contributed by atoms with Crippen molar-refractivity contribution in [1.82, 2.24) is 15.1 Å². The van der Waals surface area contributed by atoms with E-state index in [1.165, 1.54) is 7.05 Å². The first-order valence-corrected chi connectivity index (χ1v) is 8.48. The van der Waals surface area contributed by atoms with Crippen molar-refractivity contribution in [3.8, 4) is 5.75 Å². The Balaban J connectivity index is 1.71. The zero-order chi connectivity index (χ0) is 18.7. The largest absolute Gasteiger partial charge is 0.490 e. The molecule has 26 heavy (non-hydrogen) atoms. The molecule has 0 atom stereocenters. The summed E-state index contributed by atoms with van der Waals surface area (Å²) in [6.45, 7) is 0.0773. The number of para-hydroxylation sites is 1. The number of carbonyl (C=O) groups is 1. The molecule has 1 aliphatic carbocycles. The number of hydrogen-bond acceptors (Lipinski definition) is 3. The minimum Gasteiger partial charge on any atom is -0.490 e. The van der Waals surface area contributed by atoms with Crippen molar-refractivity contribution >= 4 is 5.91 Å². The number of aromatic nitrogens is 2. The van der Waals surface area contributed by atoms with Crippen LogP contribution in [0.5, 0.6) is 5.75 Å². The van der Waals surface area contributed by atoms with Crippen molar-refractivity contribution in [2.75, 3.05) is 0 Å². The molecule has 1 aromatic heterocycles. The average molecular weight is 367 g/mol. The van der Waals surface area contributed by atoms with Gasteiger partial charge in [-0.25, -0.2) is 0 Å². The number of ether oxygens (including phenoxy) is 1. The number of amides is 1. The molecular formula is C18H20F3N3O2. The highest BCUT2D eigenvalue weighted by molar-refractivity contribution is 5.95. The van der Waals surface area contributed by atoms with E-state index >= 15 is 0 Å². The van der Waals surface area contributed by atoms with Gasteiger partial charge in [-0.1, -0.05) is 18.2 Å². The molecule has 140 valence electrons. The van der Waals surface area contributed by atoms with Crippen LogP contribution in [0.15, 0.2) is 30.5 Å². The molecular weight excluding hydrogens is 347 g/mol. The summed E-state index contributed by atoms with van der Waals surface area (Å²) in [6, 6.07) is 7.23. The fraction of sp³-hybridized carbons (Fsp3) is 0.444. The van der Waals surface area contributed by atoms with Gasteiger partial charge in [-0.2, -0.15) is 18.3 Å². The summed E-state index contributed by atoms with van der Waals surface area (Å²) >= 11 is 0. The van der Waals surface area contributed by atoms with Gasteiger partial charge in [0.25, 0.3) is 5.91 Å². The molecule has 1 fully saturated rings. The van der Waals surface area contributed by atoms with Crippen LogP contribution in [0.3, 0.4) is 0 Å². The van der Waals surface area contributed by atoms with E-state index in [1.807, 2.05) is 12.1 Å². The molecule has 0 spiro atoms. The predicted octanol–water partition coefficient (Wildman–Crippen LogP) is 3.69. The lowest BCUT2D eigenvalue weighted by Crippen LogP contribution is -2.25. The number of rotatable bonds is 5. The molecule has 1 N–H and O–H groups in total. The number of carbonyl (C=O) groups excluding carboxylic acids is 1. The normalized spacial score (nSPS) is 15.2. The van der Waals surface area contributed by atoms with Crippen molar-refractivity contribution in [3.63, 3.8) is 0 Å². The molecule has 3 rings (SSSR count). The lowest BCUT2D eigenvalue weighted by Gasteiger charge is -2.16. The summed E-state index contributed by atoms with van der Waals surface area (Å²) in [4.78, 5) is 12.2. The van der Waals surface area contributed by atoms with Gasteiger partial charge in [0, 0.05) is 25.4 Å². The maximum absolute atomic E-state index is 13.0. The number of alkyl halides is 3. The van der Waals surface area contributed by atoms with Gasteiger partial charge in [0.1, 0.15) is 5.75 Å². The standard InChI is InChI=1S/C18H20F3N3O2/c1-24-11-14(16(23-24)18(19,20)21)17(25)22-10-12-6-2-5-9-15(12)26-13-7-3-4-8-13/h2,5-6,9,11,13H,3-4,7-8,10H2,1H3,(H,22,25). The maximum atomic E-state index is 13.0. The zero-order valence-electron chi connectivity index (χ0n) is 14.3. The molecule has 0 aliphatic heterocycles. The van der Waals surface area contributed by atoms with Crippen molar-refractivity contribution in [2.45, 2.75) is 44.5 Å². The molecule has 0 unspecified atom stereocenters. The van der Waals surface area contributed by atoms with Crippen LogP contribution < -0.4 is 10.1 Å². The molecule has 0 saturated heterocycles. The quantitative estimate of drug-likeness (QED) is 0.877. The van der Waals surface area contributed by atoms with Crippen molar-refractivity contribution in [1.29, 1.82) is 0 Å². The summed E-state index contributed by atoms with van der Waals surface area (Å²) in [5, 5.41) is 5.88. The second-order valence-electron chi connectivity index (χ2n) is 6.38. The van der Waals surface area contributed by atoms with Gasteiger partial charge < -0.3 is 10.1 Å². The van der Waals surface area contributed by atoms with Crippen molar-refractivity contribution in [2.24, 2.45) is 7.05 Å². The number of aryl methyl sites for hydroxylation is 1. The summed E-state index contributed by atoms with van der Waals surface area (Å²) in [6.07, 6.45) is 0.782. The van der Waals surface area contributed by atoms with Gasteiger partial charge in [0.05, 0.1) is 11.7 Å². The van der Waals surface area contributed by atoms with Gasteiger partial charge in [0.2, 0.25) is 0 Å². The van der Waals surface area contributed by atoms with E-state index in [0.717, 1.165) is 42.1 Å². The SMILES string of the molecule is Cn1cc(C(=O)NCc2ccccc2OC2CCCC2)c(C(F)(F)F)n1. The Morgan fingerprint density at radius 3 is 2.69 bits per heavy atom. The van der Waals surface area contributed by atoms with E-state index in [9.17, 15) is 18.0 Å². The predicted molar refractivity (Wildman–Crippen MR) is 88.7 cm³/mol. The molecule has 1 aliphatic rings. The average Bonchev–Trinajstić information content (AvgIpc) is 3.23. The van der Waals surface area contributed by atoms with E-state index in [4.69, 9.17) is 4.74 Å². The summed E-state index contributed by atoms with van der Waals surface area (Å²) in [7, 11) is 1.34. The zero-order valence-corrected chi connectivity index (χ0v) is 14.3. The first-order valence-electron chi connectivity index (χ1n) is 8.48. The highest BCUT2D eigenvalue weighted by Gasteiger charge is 2.38. The second-order valence-corrected chi connectivity index (χ2v) is 6.38. The van der Waals surface area contributed by atoms with E-state index in [2.05, 4.69) is 10.4 Å². The third-order valence-electron chi connectivity index (χ3n) is 4.35. The van der Waals surface area contributed by atoms with Crippen LogP contribution >= 0.6 is 0 Å². The van der Waals surface area contributed by atoms with Crippen LogP contribution in [-0.2, 0) is 19.8 Å². The highest BCUT2D eigenvalue weighted by Crippen LogP contribution is 2.31. The highest BCUT2D eigenvalue weighted by atomic mass is 19.4. The van der Waals surface area contributed by atoms with Crippen molar-refractivity contribution < 1.29 is 22.7 Å². The molecule has 1 aromatic carbocycles. The minimum absolute atomic E-state index is 0.0773. The Morgan fingerprint density at radius 2 is 2.00 bits per heavy atom.